The number of amides is 2. The number of rotatable bonds is 6. The zero-order valence-corrected chi connectivity index (χ0v) is 14.6. The number of nitrogens with one attached hydrogen (secondary N) is 2. The fourth-order valence-corrected chi connectivity index (χ4v) is 3.43. The van der Waals surface area contributed by atoms with Crippen LogP contribution in [-0.2, 0) is 6.54 Å². The number of likely N-dealkylation sites (tertiary alicyclic amines) is 1. The van der Waals surface area contributed by atoms with Crippen LogP contribution in [-0.4, -0.2) is 37.4 Å². The van der Waals surface area contributed by atoms with E-state index < -0.39 is 0 Å². The number of hydrogen-bond acceptors (Lipinski definition) is 5. The standard InChI is InChI=1S/C19H23N3O4/c23-19(20-11-14-5-6-17-18(10-14)26-13-25-17)21-12-15(16-4-3-9-24-16)22-7-1-2-8-22/h3-6,9-10,15H,1-2,7-8,11-13H2,(H2,20,21,23). The summed E-state index contributed by atoms with van der Waals surface area (Å²) in [4.78, 5) is 14.6. The fourth-order valence-electron chi connectivity index (χ4n) is 3.43. The van der Waals surface area contributed by atoms with E-state index in [4.69, 9.17) is 13.9 Å². The van der Waals surface area contributed by atoms with Gasteiger partial charge in [0, 0.05) is 13.1 Å². The predicted octanol–water partition coefficient (Wildman–Crippen LogP) is 2.64. The van der Waals surface area contributed by atoms with Crippen molar-refractivity contribution >= 4 is 6.03 Å². The highest BCUT2D eigenvalue weighted by Crippen LogP contribution is 2.32. The fraction of sp³-hybridized carbons (Fsp3) is 0.421. The monoisotopic (exact) mass is 357 g/mol. The molecule has 138 valence electrons. The number of hydrogen-bond donors (Lipinski definition) is 2. The maximum Gasteiger partial charge on any atom is 0.315 e. The molecule has 1 fully saturated rings. The molecule has 1 aromatic heterocycles. The lowest BCUT2D eigenvalue weighted by atomic mass is 10.2. The summed E-state index contributed by atoms with van der Waals surface area (Å²) >= 11 is 0. The first-order chi connectivity index (χ1) is 12.8. The minimum Gasteiger partial charge on any atom is -0.468 e. The van der Waals surface area contributed by atoms with Crippen LogP contribution < -0.4 is 20.1 Å². The van der Waals surface area contributed by atoms with E-state index in [1.807, 2.05) is 30.3 Å². The maximum atomic E-state index is 12.2. The van der Waals surface area contributed by atoms with E-state index in [0.29, 0.717) is 13.1 Å². The summed E-state index contributed by atoms with van der Waals surface area (Å²) in [7, 11) is 0. The second-order valence-electron chi connectivity index (χ2n) is 6.53. The molecule has 0 saturated carbocycles. The number of fused-ring (bicyclic) bond motifs is 1. The average Bonchev–Trinajstić information content (AvgIpc) is 3.41. The maximum absolute atomic E-state index is 12.2. The molecular weight excluding hydrogens is 334 g/mol. The number of nitrogens with zero attached hydrogens (tertiary/aromatic N) is 1. The van der Waals surface area contributed by atoms with Crippen LogP contribution in [0.3, 0.4) is 0 Å². The summed E-state index contributed by atoms with van der Waals surface area (Å²) in [6.45, 7) is 3.26. The van der Waals surface area contributed by atoms with Crippen molar-refractivity contribution < 1.29 is 18.7 Å². The average molecular weight is 357 g/mol. The van der Waals surface area contributed by atoms with Gasteiger partial charge in [-0.25, -0.2) is 4.79 Å². The molecule has 1 saturated heterocycles. The Morgan fingerprint density at radius 2 is 1.96 bits per heavy atom. The van der Waals surface area contributed by atoms with Gasteiger partial charge in [0.1, 0.15) is 5.76 Å². The third-order valence-corrected chi connectivity index (χ3v) is 4.80. The quantitative estimate of drug-likeness (QED) is 0.831. The van der Waals surface area contributed by atoms with Gasteiger partial charge in [-0.3, -0.25) is 4.90 Å². The van der Waals surface area contributed by atoms with E-state index in [9.17, 15) is 4.79 Å². The smallest absolute Gasteiger partial charge is 0.315 e. The summed E-state index contributed by atoms with van der Waals surface area (Å²) in [5, 5.41) is 5.85. The minimum atomic E-state index is -0.196. The number of carbonyl (C=O) groups is 1. The SMILES string of the molecule is O=C(NCc1ccc2c(c1)OCO2)NCC(c1ccco1)N1CCCC1. The van der Waals surface area contributed by atoms with Crippen LogP contribution in [0.25, 0.3) is 0 Å². The van der Waals surface area contributed by atoms with Gasteiger partial charge in [-0.2, -0.15) is 0 Å². The Balaban J connectivity index is 1.29. The second kappa shape index (κ2) is 7.70. The molecule has 7 heteroatoms. The summed E-state index contributed by atoms with van der Waals surface area (Å²) in [5.41, 5.74) is 0.964. The molecule has 7 nitrogen and oxygen atoms in total. The van der Waals surface area contributed by atoms with E-state index in [1.165, 1.54) is 12.8 Å². The molecule has 1 atom stereocenters. The van der Waals surface area contributed by atoms with E-state index in [2.05, 4.69) is 15.5 Å². The zero-order valence-electron chi connectivity index (χ0n) is 14.6. The van der Waals surface area contributed by atoms with Gasteiger partial charge in [-0.1, -0.05) is 6.07 Å². The summed E-state index contributed by atoms with van der Waals surface area (Å²) in [5.74, 6) is 2.35. The molecule has 2 amide bonds. The van der Waals surface area contributed by atoms with Crippen LogP contribution in [0.1, 0.15) is 30.2 Å². The molecule has 0 aliphatic carbocycles. The molecule has 0 spiro atoms. The summed E-state index contributed by atoms with van der Waals surface area (Å²) in [6.07, 6.45) is 4.05. The molecule has 2 aromatic rings. The summed E-state index contributed by atoms with van der Waals surface area (Å²) in [6, 6.07) is 9.40. The molecule has 2 aliphatic rings. The Hall–Kier alpha value is -2.67. The Labute approximate surface area is 152 Å². The first-order valence-corrected chi connectivity index (χ1v) is 8.97. The van der Waals surface area contributed by atoms with Crippen LogP contribution in [0.15, 0.2) is 41.0 Å². The Morgan fingerprint density at radius 1 is 1.12 bits per heavy atom. The lowest BCUT2D eigenvalue weighted by Crippen LogP contribution is -2.41. The van der Waals surface area contributed by atoms with E-state index in [1.54, 1.807) is 6.26 Å². The van der Waals surface area contributed by atoms with Crippen molar-refractivity contribution in [1.82, 2.24) is 15.5 Å². The minimum absolute atomic E-state index is 0.0730. The Bertz CT molecular complexity index is 741. The molecule has 3 heterocycles. The Kier molecular flexibility index (Phi) is 4.97. The largest absolute Gasteiger partial charge is 0.468 e. The van der Waals surface area contributed by atoms with Gasteiger partial charge in [-0.15, -0.1) is 0 Å². The third kappa shape index (κ3) is 3.77. The molecule has 0 radical (unpaired) electrons. The molecule has 1 unspecified atom stereocenters. The molecule has 0 bridgehead atoms. The topological polar surface area (TPSA) is 76.0 Å². The lowest BCUT2D eigenvalue weighted by molar-refractivity contribution is 0.174. The third-order valence-electron chi connectivity index (χ3n) is 4.80. The van der Waals surface area contributed by atoms with E-state index >= 15 is 0 Å². The highest BCUT2D eigenvalue weighted by Gasteiger charge is 2.25. The van der Waals surface area contributed by atoms with Crippen LogP contribution >= 0.6 is 0 Å². The molecule has 26 heavy (non-hydrogen) atoms. The highest BCUT2D eigenvalue weighted by molar-refractivity contribution is 5.73. The van der Waals surface area contributed by atoms with Gasteiger partial charge >= 0.3 is 6.03 Å². The van der Waals surface area contributed by atoms with Gasteiger partial charge in [0.25, 0.3) is 0 Å². The van der Waals surface area contributed by atoms with E-state index in [0.717, 1.165) is 35.9 Å². The van der Waals surface area contributed by atoms with Gasteiger partial charge < -0.3 is 24.5 Å². The van der Waals surface area contributed by atoms with Crippen molar-refractivity contribution in [2.45, 2.75) is 25.4 Å². The number of carbonyl (C=O) groups excluding carboxylic acids is 1. The second-order valence-corrected chi connectivity index (χ2v) is 6.53. The van der Waals surface area contributed by atoms with Crippen molar-refractivity contribution in [2.24, 2.45) is 0 Å². The predicted molar refractivity (Wildman–Crippen MR) is 95.1 cm³/mol. The Morgan fingerprint density at radius 3 is 2.77 bits per heavy atom. The first kappa shape index (κ1) is 16.8. The van der Waals surface area contributed by atoms with Crippen LogP contribution in [0, 0.1) is 0 Å². The van der Waals surface area contributed by atoms with Crippen molar-refractivity contribution in [2.75, 3.05) is 26.4 Å². The number of urea groups is 1. The highest BCUT2D eigenvalue weighted by atomic mass is 16.7. The lowest BCUT2D eigenvalue weighted by Gasteiger charge is -2.26. The van der Waals surface area contributed by atoms with Gasteiger partial charge in [0.05, 0.1) is 12.3 Å². The van der Waals surface area contributed by atoms with E-state index in [-0.39, 0.29) is 18.9 Å². The van der Waals surface area contributed by atoms with Crippen molar-refractivity contribution in [3.63, 3.8) is 0 Å². The van der Waals surface area contributed by atoms with Gasteiger partial charge in [0.2, 0.25) is 6.79 Å². The van der Waals surface area contributed by atoms with Crippen molar-refractivity contribution in [3.05, 3.63) is 47.9 Å². The van der Waals surface area contributed by atoms with Crippen LogP contribution in [0.2, 0.25) is 0 Å². The number of furan rings is 1. The molecule has 2 aliphatic heterocycles. The molecule has 4 rings (SSSR count). The van der Waals surface area contributed by atoms with Gasteiger partial charge in [0.15, 0.2) is 11.5 Å². The number of ether oxygens (including phenoxy) is 2. The van der Waals surface area contributed by atoms with Crippen LogP contribution in [0.5, 0.6) is 11.5 Å². The van der Waals surface area contributed by atoms with Crippen molar-refractivity contribution in [3.8, 4) is 11.5 Å². The summed E-state index contributed by atoms with van der Waals surface area (Å²) < 4.78 is 16.2. The normalized spacial score (nSPS) is 17.2. The zero-order chi connectivity index (χ0) is 17.8. The van der Waals surface area contributed by atoms with Gasteiger partial charge in [-0.05, 0) is 55.8 Å². The van der Waals surface area contributed by atoms with Crippen LogP contribution in [0.4, 0.5) is 4.79 Å². The molecular formula is C19H23N3O4. The molecule has 1 aromatic carbocycles. The number of benzene rings is 1. The van der Waals surface area contributed by atoms with Crippen molar-refractivity contribution in [1.29, 1.82) is 0 Å². The molecule has 2 N–H and O–H groups in total. The first-order valence-electron chi connectivity index (χ1n) is 8.97.